The second-order valence-electron chi connectivity index (χ2n) is 4.76. The highest BCUT2D eigenvalue weighted by molar-refractivity contribution is 8.00. The molecule has 1 saturated heterocycles. The monoisotopic (exact) mass is 330 g/mol. The van der Waals surface area contributed by atoms with Gasteiger partial charge in [0.2, 0.25) is 0 Å². The van der Waals surface area contributed by atoms with Crippen LogP contribution in [0.2, 0.25) is 0 Å². The number of amides is 1. The molecule has 0 aromatic rings. The maximum atomic E-state index is 12.2. The van der Waals surface area contributed by atoms with Crippen molar-refractivity contribution < 1.29 is 33.8 Å². The van der Waals surface area contributed by atoms with Crippen LogP contribution >= 0.6 is 11.8 Å². The minimum Gasteiger partial charge on any atom is -0.477 e. The zero-order chi connectivity index (χ0) is 16.7. The summed E-state index contributed by atoms with van der Waals surface area (Å²) in [6.07, 6.45) is 0. The van der Waals surface area contributed by atoms with Gasteiger partial charge in [0.1, 0.15) is 17.7 Å². The number of nitrogens with two attached hydrogens (primary N) is 1. The maximum Gasteiger partial charge on any atom is 0.352 e. The lowest BCUT2D eigenvalue weighted by Crippen LogP contribution is -2.79. The number of esters is 2. The summed E-state index contributed by atoms with van der Waals surface area (Å²) in [5.41, 5.74) is 3.90. The highest BCUT2D eigenvalue weighted by Gasteiger charge is 2.65. The highest BCUT2D eigenvalue weighted by Crippen LogP contribution is 2.45. The number of carboxylic acids is 1. The summed E-state index contributed by atoms with van der Waals surface area (Å²) in [7, 11) is 0. The second-order valence-corrected chi connectivity index (χ2v) is 5.83. The van der Waals surface area contributed by atoms with Crippen molar-refractivity contribution >= 4 is 35.6 Å². The summed E-state index contributed by atoms with van der Waals surface area (Å²) >= 11 is 1.14. The van der Waals surface area contributed by atoms with Crippen molar-refractivity contribution in [1.29, 1.82) is 0 Å². The summed E-state index contributed by atoms with van der Waals surface area (Å²) in [6, 6.07) is 0. The Kier molecular flexibility index (Phi) is 4.16. The molecule has 0 aromatic heterocycles. The molecule has 22 heavy (non-hydrogen) atoms. The standard InChI is InChI=1S/C12H14N2O7S/c1-5(15)20-3-7-4-22-11-12(13,21-6(2)16)10(19)14(11)8(7)9(17)18/h11H,3-4,13H2,1-2H3,(H,17,18)/t11-,12?/m1/s1. The molecule has 2 atom stereocenters. The van der Waals surface area contributed by atoms with Gasteiger partial charge in [-0.2, -0.15) is 0 Å². The van der Waals surface area contributed by atoms with Gasteiger partial charge in [-0.1, -0.05) is 0 Å². The van der Waals surface area contributed by atoms with Gasteiger partial charge >= 0.3 is 17.9 Å². The van der Waals surface area contributed by atoms with Gasteiger partial charge in [0.05, 0.1) is 0 Å². The molecule has 0 saturated carbocycles. The van der Waals surface area contributed by atoms with Crippen LogP contribution in [0.3, 0.4) is 0 Å². The predicted molar refractivity (Wildman–Crippen MR) is 73.1 cm³/mol. The number of carbonyl (C=O) groups excluding carboxylic acids is 3. The highest BCUT2D eigenvalue weighted by atomic mass is 32.2. The fourth-order valence-electron chi connectivity index (χ4n) is 2.25. The number of ether oxygens (including phenoxy) is 2. The molecular weight excluding hydrogens is 316 g/mol. The molecule has 2 heterocycles. The van der Waals surface area contributed by atoms with Gasteiger partial charge in [-0.3, -0.25) is 25.0 Å². The predicted octanol–water partition coefficient (Wildman–Crippen LogP) is -0.979. The number of fused-ring (bicyclic) bond motifs is 1. The lowest BCUT2D eigenvalue weighted by molar-refractivity contribution is -0.194. The van der Waals surface area contributed by atoms with Crippen LogP contribution in [0, 0.1) is 0 Å². The van der Waals surface area contributed by atoms with Crippen molar-refractivity contribution in [3.63, 3.8) is 0 Å². The number of carbonyl (C=O) groups is 4. The molecular formula is C12H14N2O7S. The molecule has 0 radical (unpaired) electrons. The van der Waals surface area contributed by atoms with Gasteiger partial charge in [-0.15, -0.1) is 11.8 Å². The van der Waals surface area contributed by atoms with E-state index in [1.54, 1.807) is 0 Å². The maximum absolute atomic E-state index is 12.2. The minimum absolute atomic E-state index is 0.184. The first-order valence-electron chi connectivity index (χ1n) is 6.21. The van der Waals surface area contributed by atoms with Gasteiger partial charge in [0.15, 0.2) is 0 Å². The molecule has 0 aliphatic carbocycles. The van der Waals surface area contributed by atoms with Gasteiger partial charge < -0.3 is 14.6 Å². The number of carboxylic acid groups (broad SMARTS) is 1. The molecule has 1 amide bonds. The molecule has 0 aromatic carbocycles. The fraction of sp³-hybridized carbons (Fsp3) is 0.500. The number of hydrogen-bond acceptors (Lipinski definition) is 8. The van der Waals surface area contributed by atoms with Crippen molar-refractivity contribution in [1.82, 2.24) is 4.90 Å². The van der Waals surface area contributed by atoms with Crippen LogP contribution in [0.4, 0.5) is 0 Å². The summed E-state index contributed by atoms with van der Waals surface area (Å²) in [4.78, 5) is 46.5. The number of aliphatic carboxylic acids is 1. The van der Waals surface area contributed by atoms with E-state index in [1.165, 1.54) is 6.92 Å². The van der Waals surface area contributed by atoms with E-state index in [4.69, 9.17) is 15.2 Å². The summed E-state index contributed by atoms with van der Waals surface area (Å²) in [5.74, 6) is -3.28. The third-order valence-corrected chi connectivity index (χ3v) is 4.50. The Morgan fingerprint density at radius 2 is 2.05 bits per heavy atom. The van der Waals surface area contributed by atoms with Crippen molar-refractivity contribution in [2.24, 2.45) is 5.73 Å². The van der Waals surface area contributed by atoms with E-state index in [9.17, 15) is 24.3 Å². The third-order valence-electron chi connectivity index (χ3n) is 3.11. The van der Waals surface area contributed by atoms with Gasteiger partial charge in [0.25, 0.3) is 11.6 Å². The summed E-state index contributed by atoms with van der Waals surface area (Å²) in [5, 5.41) is 8.49. The number of β-lactam (4-membered cyclic amide) rings is 1. The number of rotatable bonds is 4. The van der Waals surface area contributed by atoms with E-state index in [0.717, 1.165) is 23.6 Å². The zero-order valence-electron chi connectivity index (χ0n) is 11.8. The summed E-state index contributed by atoms with van der Waals surface area (Å²) in [6.45, 7) is 2.07. The van der Waals surface area contributed by atoms with Crippen LogP contribution in [-0.2, 0) is 28.7 Å². The molecule has 0 bridgehead atoms. The Morgan fingerprint density at radius 3 is 2.55 bits per heavy atom. The minimum atomic E-state index is -1.87. The van der Waals surface area contributed by atoms with E-state index >= 15 is 0 Å². The van der Waals surface area contributed by atoms with E-state index in [0.29, 0.717) is 0 Å². The molecule has 3 N–H and O–H groups in total. The molecule has 2 aliphatic heterocycles. The Bertz CT molecular complexity index is 602. The molecule has 1 unspecified atom stereocenters. The Morgan fingerprint density at radius 1 is 1.41 bits per heavy atom. The normalized spacial score (nSPS) is 27.0. The van der Waals surface area contributed by atoms with Crippen LogP contribution in [-0.4, -0.2) is 57.3 Å². The van der Waals surface area contributed by atoms with Gasteiger partial charge in [-0.25, -0.2) is 4.79 Å². The molecule has 10 heteroatoms. The summed E-state index contributed by atoms with van der Waals surface area (Å²) < 4.78 is 9.64. The van der Waals surface area contributed by atoms with Crippen LogP contribution in [0.25, 0.3) is 0 Å². The zero-order valence-corrected chi connectivity index (χ0v) is 12.6. The van der Waals surface area contributed by atoms with Gasteiger partial charge in [-0.05, 0) is 0 Å². The van der Waals surface area contributed by atoms with E-state index in [1.807, 2.05) is 0 Å². The molecule has 0 spiro atoms. The average Bonchev–Trinajstić information content (AvgIpc) is 2.42. The van der Waals surface area contributed by atoms with Crippen LogP contribution in [0.5, 0.6) is 0 Å². The van der Waals surface area contributed by atoms with Crippen LogP contribution in [0.1, 0.15) is 13.8 Å². The van der Waals surface area contributed by atoms with E-state index in [-0.39, 0.29) is 23.6 Å². The smallest absolute Gasteiger partial charge is 0.352 e. The largest absolute Gasteiger partial charge is 0.477 e. The van der Waals surface area contributed by atoms with Crippen molar-refractivity contribution in [2.75, 3.05) is 12.4 Å². The first-order chi connectivity index (χ1) is 10.2. The molecule has 2 rings (SSSR count). The van der Waals surface area contributed by atoms with Crippen molar-refractivity contribution in [2.45, 2.75) is 24.9 Å². The molecule has 9 nitrogen and oxygen atoms in total. The lowest BCUT2D eigenvalue weighted by Gasteiger charge is -2.53. The van der Waals surface area contributed by atoms with Crippen LogP contribution in [0.15, 0.2) is 11.3 Å². The average molecular weight is 330 g/mol. The Hall–Kier alpha value is -2.07. The Labute approximate surface area is 129 Å². The molecule has 1 fully saturated rings. The Balaban J connectivity index is 2.30. The van der Waals surface area contributed by atoms with E-state index < -0.39 is 34.9 Å². The first-order valence-corrected chi connectivity index (χ1v) is 7.25. The van der Waals surface area contributed by atoms with E-state index in [2.05, 4.69) is 0 Å². The SMILES string of the molecule is CC(=O)OCC1=C(C(=O)O)N2C(=O)C(N)(OC(C)=O)[C@H]2SC1. The first kappa shape index (κ1) is 16.3. The lowest BCUT2D eigenvalue weighted by atomic mass is 9.99. The number of nitrogens with zero attached hydrogens (tertiary/aromatic N) is 1. The van der Waals surface area contributed by atoms with Crippen molar-refractivity contribution in [3.05, 3.63) is 11.3 Å². The van der Waals surface area contributed by atoms with Crippen LogP contribution < -0.4 is 5.73 Å². The molecule has 2 aliphatic rings. The topological polar surface area (TPSA) is 136 Å². The van der Waals surface area contributed by atoms with Gasteiger partial charge in [0, 0.05) is 25.2 Å². The fourth-order valence-corrected chi connectivity index (χ4v) is 3.57. The second kappa shape index (κ2) is 5.61. The third kappa shape index (κ3) is 2.55. The molecule has 120 valence electrons. The number of hydrogen-bond donors (Lipinski definition) is 2. The van der Waals surface area contributed by atoms with Crippen molar-refractivity contribution in [3.8, 4) is 0 Å². The quantitative estimate of drug-likeness (QED) is 0.378. The number of thioether (sulfide) groups is 1.